The van der Waals surface area contributed by atoms with Gasteiger partial charge in [-0.3, -0.25) is 0 Å². The summed E-state index contributed by atoms with van der Waals surface area (Å²) in [6.45, 7) is 1.95. The molecule has 0 amide bonds. The van der Waals surface area contributed by atoms with Crippen LogP contribution in [0.1, 0.15) is 5.56 Å². The molecule has 0 radical (unpaired) electrons. The van der Waals surface area contributed by atoms with Gasteiger partial charge >= 0.3 is 5.63 Å². The second-order valence-electron chi connectivity index (χ2n) is 6.40. The Kier molecular flexibility index (Phi) is 3.49. The smallest absolute Gasteiger partial charge is 0.336 e. The molecule has 5 heteroatoms. The summed E-state index contributed by atoms with van der Waals surface area (Å²) in [6, 6.07) is 16.3. The van der Waals surface area contributed by atoms with Crippen LogP contribution in [0, 0.1) is 6.92 Å². The van der Waals surface area contributed by atoms with E-state index in [-0.39, 0.29) is 0 Å². The molecule has 0 bridgehead atoms. The molecule has 0 spiro atoms. The van der Waals surface area contributed by atoms with Crippen LogP contribution < -0.4 is 5.63 Å². The summed E-state index contributed by atoms with van der Waals surface area (Å²) in [5.74, 6) is 1.18. The number of benzene rings is 2. The minimum Gasteiger partial charge on any atom is -0.464 e. The second-order valence-corrected chi connectivity index (χ2v) is 6.84. The first-order valence-electron chi connectivity index (χ1n) is 8.41. The molecule has 0 unspecified atom stereocenters. The van der Waals surface area contributed by atoms with Gasteiger partial charge in [-0.2, -0.15) is 0 Å². The predicted octanol–water partition coefficient (Wildman–Crippen LogP) is 6.43. The number of rotatable bonds is 2. The Labute approximate surface area is 158 Å². The Morgan fingerprint density at radius 3 is 2.59 bits per heavy atom. The third kappa shape index (κ3) is 2.57. The molecule has 3 aromatic heterocycles. The predicted molar refractivity (Wildman–Crippen MR) is 105 cm³/mol. The van der Waals surface area contributed by atoms with Crippen LogP contribution in [0.3, 0.4) is 0 Å². The van der Waals surface area contributed by atoms with Gasteiger partial charge in [-0.05, 0) is 48.9 Å². The molecule has 3 heterocycles. The molecule has 0 N–H and O–H groups in total. The highest BCUT2D eigenvalue weighted by atomic mass is 35.5. The monoisotopic (exact) mass is 376 g/mol. The van der Waals surface area contributed by atoms with Crippen LogP contribution in [-0.4, -0.2) is 0 Å². The van der Waals surface area contributed by atoms with Crippen LogP contribution in [0.4, 0.5) is 0 Å². The van der Waals surface area contributed by atoms with Crippen molar-refractivity contribution in [2.75, 3.05) is 0 Å². The molecule has 132 valence electrons. The zero-order chi connectivity index (χ0) is 18.5. The van der Waals surface area contributed by atoms with E-state index in [1.54, 1.807) is 12.3 Å². The van der Waals surface area contributed by atoms with E-state index < -0.39 is 5.63 Å². The Balaban J connectivity index is 1.93. The molecular weight excluding hydrogens is 364 g/mol. The fraction of sp³-hybridized carbons (Fsp3) is 0.0455. The molecule has 0 saturated heterocycles. The lowest BCUT2D eigenvalue weighted by Crippen LogP contribution is -1.98. The van der Waals surface area contributed by atoms with Crippen LogP contribution >= 0.6 is 11.6 Å². The third-order valence-corrected chi connectivity index (χ3v) is 4.80. The zero-order valence-electron chi connectivity index (χ0n) is 14.3. The van der Waals surface area contributed by atoms with Gasteiger partial charge in [-0.1, -0.05) is 23.7 Å². The lowest BCUT2D eigenvalue weighted by Gasteiger charge is -2.05. The molecule has 0 aliphatic heterocycles. The van der Waals surface area contributed by atoms with Gasteiger partial charge in [0, 0.05) is 27.4 Å². The second kappa shape index (κ2) is 5.89. The molecular formula is C22H13ClO4. The van der Waals surface area contributed by atoms with Crippen LogP contribution in [0.5, 0.6) is 0 Å². The lowest BCUT2D eigenvalue weighted by molar-refractivity contribution is 0.559. The number of hydrogen-bond acceptors (Lipinski definition) is 4. The van der Waals surface area contributed by atoms with E-state index in [4.69, 9.17) is 24.9 Å². The number of halogens is 1. The van der Waals surface area contributed by atoms with E-state index in [1.807, 2.05) is 49.4 Å². The summed E-state index contributed by atoms with van der Waals surface area (Å²) >= 11 is 6.21. The minimum absolute atomic E-state index is 0.438. The van der Waals surface area contributed by atoms with E-state index in [0.717, 1.165) is 21.9 Å². The zero-order valence-corrected chi connectivity index (χ0v) is 15.0. The summed E-state index contributed by atoms with van der Waals surface area (Å²) in [5.41, 5.74) is 3.15. The maximum atomic E-state index is 12.2. The highest BCUT2D eigenvalue weighted by Gasteiger charge is 2.22. The number of fused-ring (bicyclic) bond motifs is 2. The molecule has 5 rings (SSSR count). The fourth-order valence-corrected chi connectivity index (χ4v) is 3.55. The first kappa shape index (κ1) is 16.0. The topological polar surface area (TPSA) is 56.5 Å². The van der Waals surface area contributed by atoms with Crippen molar-refractivity contribution in [3.63, 3.8) is 0 Å². The molecule has 0 aliphatic carbocycles. The van der Waals surface area contributed by atoms with Crippen molar-refractivity contribution >= 4 is 33.5 Å². The van der Waals surface area contributed by atoms with Crippen LogP contribution in [0.15, 0.2) is 78.9 Å². The molecule has 4 nitrogen and oxygen atoms in total. The van der Waals surface area contributed by atoms with Gasteiger partial charge in [0.2, 0.25) is 0 Å². The van der Waals surface area contributed by atoms with Gasteiger partial charge in [-0.25, -0.2) is 4.79 Å². The largest absolute Gasteiger partial charge is 0.464 e. The summed E-state index contributed by atoms with van der Waals surface area (Å²) in [4.78, 5) is 12.2. The molecule has 0 fully saturated rings. The highest BCUT2D eigenvalue weighted by Crippen LogP contribution is 2.43. The standard InChI is InChI=1S/C22H13ClO4/c1-12-4-6-14-15(11-20(24)26-19(14)9-12)22-21(18-3-2-8-25-18)16-10-13(23)5-7-17(16)27-22/h2-11H,1H3. The number of hydrogen-bond donors (Lipinski definition) is 0. The van der Waals surface area contributed by atoms with Gasteiger partial charge in [0.25, 0.3) is 0 Å². The average Bonchev–Trinajstić information content (AvgIpc) is 3.27. The molecule has 0 aliphatic rings. The van der Waals surface area contributed by atoms with Gasteiger partial charge in [0.15, 0.2) is 0 Å². The Hall–Kier alpha value is -3.24. The molecule has 27 heavy (non-hydrogen) atoms. The summed E-state index contributed by atoms with van der Waals surface area (Å²) in [6.07, 6.45) is 1.60. The molecule has 2 aromatic carbocycles. The summed E-state index contributed by atoms with van der Waals surface area (Å²) < 4.78 is 17.2. The van der Waals surface area contributed by atoms with Crippen molar-refractivity contribution < 1.29 is 13.3 Å². The average molecular weight is 377 g/mol. The van der Waals surface area contributed by atoms with Crippen molar-refractivity contribution in [2.24, 2.45) is 0 Å². The van der Waals surface area contributed by atoms with Crippen molar-refractivity contribution in [2.45, 2.75) is 6.92 Å². The fourth-order valence-electron chi connectivity index (χ4n) is 3.38. The summed E-state index contributed by atoms with van der Waals surface area (Å²) in [7, 11) is 0. The van der Waals surface area contributed by atoms with Gasteiger partial charge in [-0.15, -0.1) is 0 Å². The SMILES string of the molecule is Cc1ccc2c(-c3oc4ccc(Cl)cc4c3-c3ccco3)cc(=O)oc2c1. The summed E-state index contributed by atoms with van der Waals surface area (Å²) in [5, 5.41) is 2.20. The van der Waals surface area contributed by atoms with Crippen molar-refractivity contribution in [1.29, 1.82) is 0 Å². The van der Waals surface area contributed by atoms with Gasteiger partial charge in [0.05, 0.1) is 11.8 Å². The minimum atomic E-state index is -0.438. The van der Waals surface area contributed by atoms with E-state index in [2.05, 4.69) is 0 Å². The number of furan rings is 2. The Bertz CT molecular complexity index is 1360. The molecule has 0 saturated carbocycles. The Morgan fingerprint density at radius 2 is 1.78 bits per heavy atom. The molecule has 0 atom stereocenters. The lowest BCUT2D eigenvalue weighted by atomic mass is 10.0. The highest BCUT2D eigenvalue weighted by molar-refractivity contribution is 6.31. The van der Waals surface area contributed by atoms with E-state index in [1.165, 1.54) is 6.07 Å². The van der Waals surface area contributed by atoms with E-state index in [0.29, 0.717) is 33.3 Å². The van der Waals surface area contributed by atoms with Crippen molar-refractivity contribution in [3.8, 4) is 22.6 Å². The number of aryl methyl sites for hydroxylation is 1. The van der Waals surface area contributed by atoms with E-state index in [9.17, 15) is 4.79 Å². The first-order chi connectivity index (χ1) is 13.1. The maximum absolute atomic E-state index is 12.2. The van der Waals surface area contributed by atoms with E-state index >= 15 is 0 Å². The normalized spacial score (nSPS) is 11.5. The Morgan fingerprint density at radius 1 is 0.889 bits per heavy atom. The van der Waals surface area contributed by atoms with Crippen molar-refractivity contribution in [3.05, 3.63) is 81.9 Å². The third-order valence-electron chi connectivity index (χ3n) is 4.56. The van der Waals surface area contributed by atoms with Crippen molar-refractivity contribution in [1.82, 2.24) is 0 Å². The maximum Gasteiger partial charge on any atom is 0.336 e. The van der Waals surface area contributed by atoms with Crippen LogP contribution in [0.25, 0.3) is 44.6 Å². The quantitative estimate of drug-likeness (QED) is 0.333. The van der Waals surface area contributed by atoms with Crippen LogP contribution in [-0.2, 0) is 0 Å². The van der Waals surface area contributed by atoms with Gasteiger partial charge in [0.1, 0.15) is 22.7 Å². The van der Waals surface area contributed by atoms with Gasteiger partial charge < -0.3 is 13.3 Å². The molecule has 5 aromatic rings. The van der Waals surface area contributed by atoms with Crippen LogP contribution in [0.2, 0.25) is 5.02 Å². The first-order valence-corrected chi connectivity index (χ1v) is 8.79.